The summed E-state index contributed by atoms with van der Waals surface area (Å²) in [4.78, 5) is 12.8. The van der Waals surface area contributed by atoms with Gasteiger partial charge in [-0.2, -0.15) is 12.8 Å². The van der Waals surface area contributed by atoms with Crippen LogP contribution in [0, 0.1) is 11.8 Å². The molecule has 0 saturated heterocycles. The van der Waals surface area contributed by atoms with Gasteiger partial charge in [-0.05, 0) is 46.0 Å². The number of halogens is 1. The Morgan fingerprint density at radius 1 is 1.00 bits per heavy atom. The van der Waals surface area contributed by atoms with E-state index in [4.69, 9.17) is 0 Å². The van der Waals surface area contributed by atoms with Crippen LogP contribution in [0.25, 0.3) is 0 Å². The minimum atomic E-state index is -3.84. The van der Waals surface area contributed by atoms with Crippen LogP contribution < -0.4 is 0 Å². The van der Waals surface area contributed by atoms with Gasteiger partial charge >= 0.3 is 0 Å². The molecule has 1 aromatic rings. The maximum absolute atomic E-state index is 12.6. The van der Waals surface area contributed by atoms with Crippen LogP contribution in [-0.2, 0) is 14.8 Å². The molecule has 1 aliphatic carbocycles. The molecule has 0 fully saturated rings. The van der Waals surface area contributed by atoms with Crippen molar-refractivity contribution in [3.63, 3.8) is 0 Å². The molecule has 0 saturated carbocycles. The number of allylic oxidation sites excluding steroid dienone is 4. The molecule has 6 heteroatoms. The Bertz CT molecular complexity index is 848. The van der Waals surface area contributed by atoms with E-state index in [0.29, 0.717) is 15.6 Å². The van der Waals surface area contributed by atoms with Crippen molar-refractivity contribution in [2.45, 2.75) is 32.6 Å². The van der Waals surface area contributed by atoms with E-state index in [1.165, 1.54) is 12.1 Å². The first kappa shape index (κ1) is 18.8. The lowest BCUT2D eigenvalue weighted by molar-refractivity contribution is -0.113. The first-order valence-electron chi connectivity index (χ1n) is 7.71. The van der Waals surface area contributed by atoms with E-state index in [2.05, 4.69) is 20.3 Å². The Morgan fingerprint density at radius 3 is 2.08 bits per heavy atom. The summed E-state index contributed by atoms with van der Waals surface area (Å²) >= 11 is 3.38. The van der Waals surface area contributed by atoms with Crippen molar-refractivity contribution in [3.8, 4) is 0 Å². The molecule has 2 rings (SSSR count). The zero-order valence-electron chi connectivity index (χ0n) is 14.1. The van der Waals surface area contributed by atoms with Crippen LogP contribution >= 0.6 is 15.9 Å². The Hall–Kier alpha value is -1.53. The quantitative estimate of drug-likeness (QED) is 0.696. The van der Waals surface area contributed by atoms with Crippen molar-refractivity contribution in [1.82, 2.24) is 0 Å². The third kappa shape index (κ3) is 3.75. The summed E-state index contributed by atoms with van der Waals surface area (Å²) in [5.41, 5.74) is 1.40. The molecule has 0 radical (unpaired) electrons. The van der Waals surface area contributed by atoms with Crippen LogP contribution in [-0.4, -0.2) is 19.9 Å². The van der Waals surface area contributed by atoms with Crippen LogP contribution in [0.5, 0.6) is 0 Å². The highest BCUT2D eigenvalue weighted by atomic mass is 79.9. The van der Waals surface area contributed by atoms with Crippen LogP contribution in [0.3, 0.4) is 0 Å². The molecule has 0 unspecified atom stereocenters. The average molecular weight is 410 g/mol. The molecule has 0 bridgehead atoms. The number of benzene rings is 1. The van der Waals surface area contributed by atoms with Crippen LogP contribution in [0.2, 0.25) is 0 Å². The van der Waals surface area contributed by atoms with Crippen molar-refractivity contribution in [2.75, 3.05) is 0 Å². The number of nitrogens with zero attached hydrogens (tertiary/aromatic N) is 1. The molecule has 24 heavy (non-hydrogen) atoms. The molecular formula is C18H20BrNO3S. The second kappa shape index (κ2) is 7.15. The number of sulfonamides is 1. The van der Waals surface area contributed by atoms with Crippen molar-refractivity contribution >= 4 is 37.4 Å². The summed E-state index contributed by atoms with van der Waals surface area (Å²) in [7, 11) is -3.84. The van der Waals surface area contributed by atoms with Gasteiger partial charge in [0.05, 0.1) is 15.1 Å². The molecule has 128 valence electrons. The summed E-state index contributed by atoms with van der Waals surface area (Å²) in [6.07, 6.45) is 1.57. The van der Waals surface area contributed by atoms with Gasteiger partial charge in [-0.3, -0.25) is 4.79 Å². The van der Waals surface area contributed by atoms with Gasteiger partial charge in [-0.15, -0.1) is 0 Å². The first-order valence-corrected chi connectivity index (χ1v) is 9.94. The van der Waals surface area contributed by atoms with Crippen molar-refractivity contribution in [3.05, 3.63) is 52.0 Å². The smallest absolute Gasteiger partial charge is 0.282 e. The van der Waals surface area contributed by atoms with Gasteiger partial charge in [0.25, 0.3) is 10.0 Å². The number of hydrogen-bond donors (Lipinski definition) is 0. The van der Waals surface area contributed by atoms with E-state index in [1.807, 2.05) is 27.7 Å². The molecule has 0 atom stereocenters. The van der Waals surface area contributed by atoms with E-state index < -0.39 is 10.0 Å². The van der Waals surface area contributed by atoms with E-state index in [1.54, 1.807) is 24.3 Å². The fourth-order valence-electron chi connectivity index (χ4n) is 2.45. The summed E-state index contributed by atoms with van der Waals surface area (Å²) in [5.74, 6) is -0.113. The van der Waals surface area contributed by atoms with Gasteiger partial charge in [0, 0.05) is 11.1 Å². The van der Waals surface area contributed by atoms with E-state index in [9.17, 15) is 13.2 Å². The van der Waals surface area contributed by atoms with Crippen LogP contribution in [0.4, 0.5) is 0 Å². The standard InChI is InChI=1S/C18H20BrNO3S/c1-11(2)14-10-15(17(19)16(12(3)4)18(14)21)20-24(22,23)13-8-6-5-7-9-13/h5-12H,1-4H3. The largest absolute Gasteiger partial charge is 0.289 e. The zero-order valence-corrected chi connectivity index (χ0v) is 16.5. The highest BCUT2D eigenvalue weighted by Gasteiger charge is 2.30. The van der Waals surface area contributed by atoms with Crippen LogP contribution in [0.1, 0.15) is 27.7 Å². The third-order valence-corrected chi connectivity index (χ3v) is 5.86. The predicted octanol–water partition coefficient (Wildman–Crippen LogP) is 4.29. The summed E-state index contributed by atoms with van der Waals surface area (Å²) in [6, 6.07) is 8.05. The lowest BCUT2D eigenvalue weighted by Gasteiger charge is -2.22. The lowest BCUT2D eigenvalue weighted by Crippen LogP contribution is -2.23. The molecule has 4 nitrogen and oxygen atoms in total. The molecule has 1 aromatic carbocycles. The van der Waals surface area contributed by atoms with Gasteiger partial charge in [-0.1, -0.05) is 45.9 Å². The number of Topliss-reactive ketones (excluding diaryl/α,β-unsaturated/α-hetero) is 1. The second-order valence-corrected chi connectivity index (χ2v) is 8.63. The highest BCUT2D eigenvalue weighted by molar-refractivity contribution is 9.12. The summed E-state index contributed by atoms with van der Waals surface area (Å²) in [6.45, 7) is 7.62. The van der Waals surface area contributed by atoms with Gasteiger partial charge in [0.15, 0.2) is 5.78 Å². The summed E-state index contributed by atoms with van der Waals surface area (Å²) in [5, 5.41) is 0. The van der Waals surface area contributed by atoms with Crippen molar-refractivity contribution < 1.29 is 13.2 Å². The van der Waals surface area contributed by atoms with E-state index in [-0.39, 0.29) is 28.2 Å². The monoisotopic (exact) mass is 409 g/mol. The predicted molar refractivity (Wildman–Crippen MR) is 99.8 cm³/mol. The molecular weight excluding hydrogens is 390 g/mol. The highest BCUT2D eigenvalue weighted by Crippen LogP contribution is 2.33. The second-order valence-electron chi connectivity index (χ2n) is 6.23. The topological polar surface area (TPSA) is 63.6 Å². The maximum Gasteiger partial charge on any atom is 0.282 e. The molecule has 0 heterocycles. The third-order valence-electron chi connectivity index (χ3n) is 3.72. The molecule has 0 aliphatic heterocycles. The van der Waals surface area contributed by atoms with Gasteiger partial charge in [0.2, 0.25) is 0 Å². The average Bonchev–Trinajstić information content (AvgIpc) is 2.50. The van der Waals surface area contributed by atoms with Crippen molar-refractivity contribution in [1.29, 1.82) is 0 Å². The maximum atomic E-state index is 12.6. The van der Waals surface area contributed by atoms with E-state index >= 15 is 0 Å². The molecule has 0 amide bonds. The Morgan fingerprint density at radius 2 is 1.58 bits per heavy atom. The summed E-state index contributed by atoms with van der Waals surface area (Å²) < 4.78 is 29.5. The Balaban J connectivity index is 2.64. The number of carbonyl (C=O) groups excluding carboxylic acids is 1. The molecule has 0 N–H and O–H groups in total. The SMILES string of the molecule is CC(C)C1=CC(=NS(=O)(=O)c2ccccc2)C(Br)=C(C(C)C)C1=O. The number of ketones is 1. The minimum Gasteiger partial charge on any atom is -0.289 e. The lowest BCUT2D eigenvalue weighted by atomic mass is 9.84. The molecule has 1 aliphatic rings. The van der Waals surface area contributed by atoms with Gasteiger partial charge < -0.3 is 0 Å². The number of hydrogen-bond acceptors (Lipinski definition) is 3. The van der Waals surface area contributed by atoms with Gasteiger partial charge in [0.1, 0.15) is 0 Å². The fraction of sp³-hybridized carbons (Fsp3) is 0.333. The van der Waals surface area contributed by atoms with Gasteiger partial charge in [-0.25, -0.2) is 0 Å². The van der Waals surface area contributed by atoms with E-state index in [0.717, 1.165) is 0 Å². The minimum absolute atomic E-state index is 0.0171. The fourth-order valence-corrected chi connectivity index (χ4v) is 4.42. The first-order chi connectivity index (χ1) is 11.1. The molecule has 0 aromatic heterocycles. The normalized spacial score (nSPS) is 17.9. The Labute approximate surface area is 151 Å². The number of carbonyl (C=O) groups is 1. The Kier molecular flexibility index (Phi) is 5.60. The van der Waals surface area contributed by atoms with Crippen LogP contribution in [0.15, 0.2) is 61.3 Å². The zero-order chi connectivity index (χ0) is 18.1. The van der Waals surface area contributed by atoms with Crippen molar-refractivity contribution in [2.24, 2.45) is 16.2 Å². The molecule has 0 spiro atoms. The number of rotatable bonds is 4.